The molecular formula is C18H11ClN6O7. The van der Waals surface area contributed by atoms with Gasteiger partial charge in [0.1, 0.15) is 5.56 Å². The van der Waals surface area contributed by atoms with Gasteiger partial charge in [-0.15, -0.1) is 0 Å². The largest absolute Gasteiger partial charge is 0.417 e. The van der Waals surface area contributed by atoms with Crippen molar-refractivity contribution in [2.24, 2.45) is 0 Å². The Bertz CT molecular complexity index is 1220. The number of imide groups is 1. The Labute approximate surface area is 183 Å². The highest BCUT2D eigenvalue weighted by Crippen LogP contribution is 2.32. The van der Waals surface area contributed by atoms with E-state index in [-0.39, 0.29) is 28.0 Å². The minimum absolute atomic E-state index is 0.0473. The van der Waals surface area contributed by atoms with Crippen molar-refractivity contribution < 1.29 is 24.2 Å². The third kappa shape index (κ3) is 5.28. The summed E-state index contributed by atoms with van der Waals surface area (Å²) < 4.78 is 5.27. The normalized spacial score (nSPS) is 10.2. The number of aromatic nitrogens is 2. The average Bonchev–Trinajstić information content (AvgIpc) is 2.76. The summed E-state index contributed by atoms with van der Waals surface area (Å²) in [6.45, 7) is 0. The number of carbonyl (C=O) groups is 2. The molecule has 0 unspecified atom stereocenters. The van der Waals surface area contributed by atoms with Gasteiger partial charge in [0.15, 0.2) is 0 Å². The molecule has 3 amide bonds. The first-order valence-corrected chi connectivity index (χ1v) is 8.92. The molecular weight excluding hydrogens is 448 g/mol. The van der Waals surface area contributed by atoms with E-state index in [9.17, 15) is 29.8 Å². The number of hydrogen-bond acceptors (Lipinski definition) is 9. The second-order valence-electron chi connectivity index (χ2n) is 5.91. The van der Waals surface area contributed by atoms with Gasteiger partial charge in [0.2, 0.25) is 5.75 Å². The third-order valence-electron chi connectivity index (χ3n) is 3.78. The third-order valence-corrected chi connectivity index (χ3v) is 3.98. The Morgan fingerprint density at radius 2 is 1.62 bits per heavy atom. The smallest absolute Gasteiger partial charge is 0.326 e. The zero-order valence-electron chi connectivity index (χ0n) is 15.7. The van der Waals surface area contributed by atoms with E-state index < -0.39 is 33.2 Å². The Morgan fingerprint density at radius 3 is 2.28 bits per heavy atom. The number of nitrogens with one attached hydrogen (secondary N) is 2. The van der Waals surface area contributed by atoms with Crippen LogP contribution in [-0.4, -0.2) is 31.8 Å². The monoisotopic (exact) mass is 458 g/mol. The molecule has 0 fully saturated rings. The molecule has 1 aromatic heterocycles. The summed E-state index contributed by atoms with van der Waals surface area (Å²) in [4.78, 5) is 52.7. The van der Waals surface area contributed by atoms with Gasteiger partial charge in [-0.2, -0.15) is 0 Å². The van der Waals surface area contributed by atoms with Crippen molar-refractivity contribution in [3.05, 3.63) is 85.7 Å². The number of carbonyl (C=O) groups excluding carboxylic acids is 2. The summed E-state index contributed by atoms with van der Waals surface area (Å²) >= 11 is 5.67. The topological polar surface area (TPSA) is 179 Å². The number of urea groups is 1. The number of amides is 3. The van der Waals surface area contributed by atoms with Crippen LogP contribution in [-0.2, 0) is 0 Å². The summed E-state index contributed by atoms with van der Waals surface area (Å²) in [5, 5.41) is 26.8. The van der Waals surface area contributed by atoms with Crippen LogP contribution in [0.25, 0.3) is 0 Å². The molecule has 0 radical (unpaired) electrons. The molecule has 0 spiro atoms. The molecule has 14 heteroatoms. The highest BCUT2D eigenvalue weighted by Gasteiger charge is 2.22. The van der Waals surface area contributed by atoms with E-state index in [1.54, 1.807) is 0 Å². The van der Waals surface area contributed by atoms with Gasteiger partial charge in [0.05, 0.1) is 27.3 Å². The number of benzene rings is 2. The number of nitro groups is 2. The molecule has 0 atom stereocenters. The molecule has 0 aliphatic rings. The van der Waals surface area contributed by atoms with Crippen LogP contribution in [0.5, 0.6) is 11.8 Å². The van der Waals surface area contributed by atoms with Gasteiger partial charge in [-0.1, -0.05) is 23.7 Å². The molecule has 2 N–H and O–H groups in total. The number of hydrogen-bond donors (Lipinski definition) is 2. The number of halogens is 1. The average molecular weight is 459 g/mol. The lowest BCUT2D eigenvalue weighted by Gasteiger charge is -2.09. The molecule has 1 heterocycles. The number of nitro benzene ring substituents is 2. The second-order valence-corrected chi connectivity index (χ2v) is 6.34. The molecule has 0 saturated carbocycles. The predicted molar refractivity (Wildman–Crippen MR) is 110 cm³/mol. The maximum atomic E-state index is 12.2. The first-order chi connectivity index (χ1) is 15.2. The van der Waals surface area contributed by atoms with Crippen molar-refractivity contribution in [3.8, 4) is 11.8 Å². The lowest BCUT2D eigenvalue weighted by molar-refractivity contribution is -0.385. The van der Waals surface area contributed by atoms with Crippen molar-refractivity contribution in [3.63, 3.8) is 0 Å². The van der Waals surface area contributed by atoms with Crippen molar-refractivity contribution in [1.82, 2.24) is 15.3 Å². The number of ether oxygens (including phenoxy) is 1. The highest BCUT2D eigenvalue weighted by molar-refractivity contribution is 6.30. The lowest BCUT2D eigenvalue weighted by atomic mass is 10.1. The van der Waals surface area contributed by atoms with Crippen LogP contribution >= 0.6 is 11.6 Å². The Hall–Kier alpha value is -4.65. The molecule has 32 heavy (non-hydrogen) atoms. The summed E-state index contributed by atoms with van der Waals surface area (Å²) in [5.41, 5.74) is -1.38. The first-order valence-electron chi connectivity index (χ1n) is 8.54. The molecule has 0 aliphatic heterocycles. The fourth-order valence-corrected chi connectivity index (χ4v) is 2.53. The van der Waals surface area contributed by atoms with Crippen LogP contribution in [0.4, 0.5) is 21.9 Å². The first kappa shape index (κ1) is 22.0. The molecule has 3 rings (SSSR count). The fourth-order valence-electron chi connectivity index (χ4n) is 2.43. The van der Waals surface area contributed by atoms with E-state index >= 15 is 0 Å². The minimum atomic E-state index is -1.06. The van der Waals surface area contributed by atoms with Crippen molar-refractivity contribution in [1.29, 1.82) is 0 Å². The summed E-state index contributed by atoms with van der Waals surface area (Å²) in [7, 11) is 0. The zero-order chi connectivity index (χ0) is 23.3. The van der Waals surface area contributed by atoms with Crippen LogP contribution in [0.2, 0.25) is 5.02 Å². The van der Waals surface area contributed by atoms with Crippen LogP contribution in [0.1, 0.15) is 10.4 Å². The van der Waals surface area contributed by atoms with Crippen LogP contribution in [0.15, 0.2) is 54.9 Å². The molecule has 0 bridgehead atoms. The summed E-state index contributed by atoms with van der Waals surface area (Å²) in [5.74, 6) is -1.23. The number of nitrogens with zero attached hydrogens (tertiary/aromatic N) is 4. The zero-order valence-corrected chi connectivity index (χ0v) is 16.5. The maximum absolute atomic E-state index is 12.2. The fraction of sp³-hybridized carbons (Fsp3) is 0. The van der Waals surface area contributed by atoms with Crippen molar-refractivity contribution >= 4 is 40.6 Å². The van der Waals surface area contributed by atoms with E-state index in [0.717, 1.165) is 12.1 Å². The Morgan fingerprint density at radius 1 is 0.969 bits per heavy atom. The second kappa shape index (κ2) is 9.44. The minimum Gasteiger partial charge on any atom is -0.417 e. The van der Waals surface area contributed by atoms with Crippen molar-refractivity contribution in [2.45, 2.75) is 0 Å². The van der Waals surface area contributed by atoms with Gasteiger partial charge in [0, 0.05) is 17.8 Å². The van der Waals surface area contributed by atoms with Gasteiger partial charge < -0.3 is 10.1 Å². The van der Waals surface area contributed by atoms with E-state index in [0.29, 0.717) is 0 Å². The van der Waals surface area contributed by atoms with E-state index in [2.05, 4.69) is 15.3 Å². The van der Waals surface area contributed by atoms with E-state index in [1.807, 2.05) is 5.32 Å². The van der Waals surface area contributed by atoms with E-state index in [1.165, 1.54) is 42.7 Å². The lowest BCUT2D eigenvalue weighted by Crippen LogP contribution is -2.34. The number of rotatable bonds is 6. The quantitative estimate of drug-likeness (QED) is 0.411. The highest BCUT2D eigenvalue weighted by atomic mass is 35.5. The van der Waals surface area contributed by atoms with Gasteiger partial charge >= 0.3 is 17.7 Å². The Kier molecular flexibility index (Phi) is 6.50. The number of anilines is 1. The number of para-hydroxylation sites is 1. The molecule has 13 nitrogen and oxygen atoms in total. The van der Waals surface area contributed by atoms with Gasteiger partial charge in [-0.05, 0) is 18.2 Å². The molecule has 162 valence electrons. The summed E-state index contributed by atoms with van der Waals surface area (Å²) in [6.07, 6.45) is 2.48. The summed E-state index contributed by atoms with van der Waals surface area (Å²) in [6, 6.07) is 7.25. The Balaban J connectivity index is 1.74. The van der Waals surface area contributed by atoms with Crippen LogP contribution in [0.3, 0.4) is 0 Å². The molecule has 0 saturated heterocycles. The van der Waals surface area contributed by atoms with Crippen LogP contribution < -0.4 is 15.4 Å². The SMILES string of the molecule is O=C(NC(=O)c1ccccc1[N+](=O)[O-])Nc1ccc(Oc2ncc(Cl)cn2)c([N+](=O)[O-])c1. The van der Waals surface area contributed by atoms with Gasteiger partial charge in [0.25, 0.3) is 11.6 Å². The maximum Gasteiger partial charge on any atom is 0.326 e. The molecule has 3 aromatic rings. The van der Waals surface area contributed by atoms with E-state index in [4.69, 9.17) is 16.3 Å². The molecule has 2 aromatic carbocycles. The van der Waals surface area contributed by atoms with Gasteiger partial charge in [-0.25, -0.2) is 14.8 Å². The standard InChI is InChI=1S/C18H11ClN6O7/c19-10-8-20-18(21-9-10)32-15-6-5-11(7-14(15)25(30)31)22-17(27)23-16(26)12-3-1-2-4-13(12)24(28)29/h1-9H,(H2,22,23,26,27). The predicted octanol–water partition coefficient (Wildman–Crippen LogP) is 3.70. The van der Waals surface area contributed by atoms with Crippen LogP contribution in [0, 0.1) is 20.2 Å². The van der Waals surface area contributed by atoms with Crippen molar-refractivity contribution in [2.75, 3.05) is 5.32 Å². The van der Waals surface area contributed by atoms with Gasteiger partial charge in [-0.3, -0.25) is 30.3 Å². The molecule has 0 aliphatic carbocycles.